The third-order valence-corrected chi connectivity index (χ3v) is 4.23. The molecule has 1 saturated heterocycles. The number of carbonyl (C=O) groups excluding carboxylic acids is 1. The molecular formula is C13H23N7O. The summed E-state index contributed by atoms with van der Waals surface area (Å²) in [5.74, 6) is 5.63. The van der Waals surface area contributed by atoms with Crippen LogP contribution < -0.4 is 11.3 Å². The number of nitrogen functional groups attached to an aromatic ring is 1. The zero-order valence-electron chi connectivity index (χ0n) is 12.2. The predicted molar refractivity (Wildman–Crippen MR) is 77.3 cm³/mol. The Kier molecular flexibility index (Phi) is 4.47. The summed E-state index contributed by atoms with van der Waals surface area (Å²) in [4.78, 5) is 16.3. The Labute approximate surface area is 124 Å². The van der Waals surface area contributed by atoms with Crippen LogP contribution in [0.3, 0.4) is 0 Å². The standard InChI is InChI=1S/C13H23N7O/c14-15-13(21)12-10-20(17-16-12)8-7-18-3-5-19(6-4-18)9-11-1-2-11/h10-11H,1-9,14H2,(H,15,21). The van der Waals surface area contributed by atoms with Crippen LogP contribution >= 0.6 is 0 Å². The second kappa shape index (κ2) is 6.50. The summed E-state index contributed by atoms with van der Waals surface area (Å²) in [6.45, 7) is 7.50. The van der Waals surface area contributed by atoms with Gasteiger partial charge < -0.3 is 4.90 Å². The Balaban J connectivity index is 1.39. The van der Waals surface area contributed by atoms with Gasteiger partial charge in [-0.15, -0.1) is 5.10 Å². The molecule has 0 radical (unpaired) electrons. The molecule has 1 aromatic heterocycles. The number of hydrogen-bond acceptors (Lipinski definition) is 6. The Bertz CT molecular complexity index is 477. The topological polar surface area (TPSA) is 92.3 Å². The van der Waals surface area contributed by atoms with Crippen LogP contribution in [0.15, 0.2) is 6.20 Å². The van der Waals surface area contributed by atoms with Crippen LogP contribution in [0.2, 0.25) is 0 Å². The van der Waals surface area contributed by atoms with Gasteiger partial charge in [0.2, 0.25) is 0 Å². The molecule has 1 saturated carbocycles. The van der Waals surface area contributed by atoms with Crippen molar-refractivity contribution in [3.05, 3.63) is 11.9 Å². The summed E-state index contributed by atoms with van der Waals surface area (Å²) in [6.07, 6.45) is 4.47. The summed E-state index contributed by atoms with van der Waals surface area (Å²) in [5.41, 5.74) is 2.31. The Hall–Kier alpha value is -1.51. The Morgan fingerprint density at radius 2 is 1.95 bits per heavy atom. The lowest BCUT2D eigenvalue weighted by molar-refractivity contribution is 0.0948. The van der Waals surface area contributed by atoms with Gasteiger partial charge in [-0.05, 0) is 18.8 Å². The van der Waals surface area contributed by atoms with Crippen molar-refractivity contribution in [1.82, 2.24) is 30.2 Å². The average Bonchev–Trinajstić information content (AvgIpc) is 3.20. The fraction of sp³-hybridized carbons (Fsp3) is 0.769. The number of hydrogen-bond donors (Lipinski definition) is 2. The second-order valence-electron chi connectivity index (χ2n) is 5.93. The van der Waals surface area contributed by atoms with Gasteiger partial charge in [0.15, 0.2) is 5.69 Å². The van der Waals surface area contributed by atoms with Crippen LogP contribution in [0.5, 0.6) is 0 Å². The SMILES string of the molecule is NNC(=O)c1cn(CCN2CCN(CC3CC3)CC2)nn1. The summed E-state index contributed by atoms with van der Waals surface area (Å²) < 4.78 is 1.70. The fourth-order valence-electron chi connectivity index (χ4n) is 2.69. The van der Waals surface area contributed by atoms with E-state index in [2.05, 4.69) is 25.5 Å². The van der Waals surface area contributed by atoms with E-state index < -0.39 is 5.91 Å². The van der Waals surface area contributed by atoms with Gasteiger partial charge in [-0.2, -0.15) is 0 Å². The van der Waals surface area contributed by atoms with Crippen molar-refractivity contribution in [1.29, 1.82) is 0 Å². The molecular weight excluding hydrogens is 270 g/mol. The van der Waals surface area contributed by atoms with Crippen LogP contribution in [0, 0.1) is 5.92 Å². The van der Waals surface area contributed by atoms with E-state index in [0.29, 0.717) is 0 Å². The highest BCUT2D eigenvalue weighted by atomic mass is 16.2. The van der Waals surface area contributed by atoms with Crippen LogP contribution in [-0.4, -0.2) is 70.0 Å². The van der Waals surface area contributed by atoms with E-state index in [0.717, 1.165) is 45.2 Å². The van der Waals surface area contributed by atoms with Gasteiger partial charge in [0.05, 0.1) is 12.7 Å². The van der Waals surface area contributed by atoms with Crippen molar-refractivity contribution in [2.24, 2.45) is 11.8 Å². The maximum absolute atomic E-state index is 11.3. The third-order valence-electron chi connectivity index (χ3n) is 4.23. The summed E-state index contributed by atoms with van der Waals surface area (Å²) in [5, 5.41) is 7.74. The number of nitrogens with one attached hydrogen (secondary N) is 1. The number of carbonyl (C=O) groups is 1. The maximum Gasteiger partial charge on any atom is 0.287 e. The molecule has 3 rings (SSSR count). The number of nitrogens with two attached hydrogens (primary N) is 1. The lowest BCUT2D eigenvalue weighted by Crippen LogP contribution is -2.47. The molecule has 2 fully saturated rings. The number of rotatable bonds is 6. The second-order valence-corrected chi connectivity index (χ2v) is 5.93. The molecule has 0 atom stereocenters. The molecule has 116 valence electrons. The quantitative estimate of drug-likeness (QED) is 0.393. The fourth-order valence-corrected chi connectivity index (χ4v) is 2.69. The van der Waals surface area contributed by atoms with Crippen LogP contribution in [-0.2, 0) is 6.54 Å². The Morgan fingerprint density at radius 1 is 1.24 bits per heavy atom. The first-order valence-corrected chi connectivity index (χ1v) is 7.60. The molecule has 1 amide bonds. The van der Waals surface area contributed by atoms with Crippen molar-refractivity contribution in [3.8, 4) is 0 Å². The summed E-state index contributed by atoms with van der Waals surface area (Å²) >= 11 is 0. The molecule has 0 unspecified atom stereocenters. The van der Waals surface area contributed by atoms with E-state index in [1.54, 1.807) is 10.9 Å². The van der Waals surface area contributed by atoms with Gasteiger partial charge in [-0.3, -0.25) is 19.8 Å². The first kappa shape index (κ1) is 14.4. The van der Waals surface area contributed by atoms with Crippen molar-refractivity contribution >= 4 is 5.91 Å². The highest BCUT2D eigenvalue weighted by Gasteiger charge is 2.26. The third kappa shape index (κ3) is 3.99. The van der Waals surface area contributed by atoms with Gasteiger partial charge >= 0.3 is 0 Å². The predicted octanol–water partition coefficient (Wildman–Crippen LogP) is -1.09. The minimum atomic E-state index is -0.407. The van der Waals surface area contributed by atoms with E-state index >= 15 is 0 Å². The molecule has 8 heteroatoms. The molecule has 0 spiro atoms. The molecule has 0 bridgehead atoms. The molecule has 2 heterocycles. The lowest BCUT2D eigenvalue weighted by atomic mass is 10.3. The minimum Gasteiger partial charge on any atom is -0.301 e. The van der Waals surface area contributed by atoms with E-state index in [1.165, 1.54) is 19.4 Å². The van der Waals surface area contributed by atoms with Gasteiger partial charge in [-0.25, -0.2) is 5.84 Å². The lowest BCUT2D eigenvalue weighted by Gasteiger charge is -2.34. The number of hydrazine groups is 1. The molecule has 2 aliphatic rings. The molecule has 21 heavy (non-hydrogen) atoms. The average molecular weight is 293 g/mol. The molecule has 1 aliphatic carbocycles. The molecule has 8 nitrogen and oxygen atoms in total. The van der Waals surface area contributed by atoms with Crippen molar-refractivity contribution < 1.29 is 4.79 Å². The van der Waals surface area contributed by atoms with E-state index in [9.17, 15) is 4.79 Å². The molecule has 1 aliphatic heterocycles. The van der Waals surface area contributed by atoms with Crippen LogP contribution in [0.25, 0.3) is 0 Å². The van der Waals surface area contributed by atoms with Gasteiger partial charge in [0.1, 0.15) is 0 Å². The van der Waals surface area contributed by atoms with E-state index in [4.69, 9.17) is 5.84 Å². The maximum atomic E-state index is 11.3. The van der Waals surface area contributed by atoms with Crippen LogP contribution in [0.1, 0.15) is 23.3 Å². The van der Waals surface area contributed by atoms with Crippen molar-refractivity contribution in [2.45, 2.75) is 19.4 Å². The monoisotopic (exact) mass is 293 g/mol. The number of amides is 1. The highest BCUT2D eigenvalue weighted by molar-refractivity contribution is 5.91. The highest BCUT2D eigenvalue weighted by Crippen LogP contribution is 2.29. The number of piperazine rings is 1. The zero-order chi connectivity index (χ0) is 14.7. The van der Waals surface area contributed by atoms with E-state index in [1.807, 2.05) is 0 Å². The Morgan fingerprint density at radius 3 is 2.62 bits per heavy atom. The number of nitrogens with zero attached hydrogens (tertiary/aromatic N) is 5. The minimum absolute atomic E-state index is 0.256. The molecule has 1 aromatic rings. The largest absolute Gasteiger partial charge is 0.301 e. The zero-order valence-corrected chi connectivity index (χ0v) is 12.2. The van der Waals surface area contributed by atoms with Gasteiger partial charge in [0.25, 0.3) is 5.91 Å². The van der Waals surface area contributed by atoms with Crippen molar-refractivity contribution in [2.75, 3.05) is 39.3 Å². The normalized spacial score (nSPS) is 20.6. The first-order valence-electron chi connectivity index (χ1n) is 7.60. The smallest absolute Gasteiger partial charge is 0.287 e. The van der Waals surface area contributed by atoms with Gasteiger partial charge in [0, 0.05) is 39.3 Å². The summed E-state index contributed by atoms with van der Waals surface area (Å²) in [7, 11) is 0. The number of aromatic nitrogens is 3. The molecule has 0 aromatic carbocycles. The van der Waals surface area contributed by atoms with Crippen molar-refractivity contribution in [3.63, 3.8) is 0 Å². The van der Waals surface area contributed by atoms with E-state index in [-0.39, 0.29) is 5.69 Å². The molecule has 3 N–H and O–H groups in total. The van der Waals surface area contributed by atoms with Crippen LogP contribution in [0.4, 0.5) is 0 Å². The summed E-state index contributed by atoms with van der Waals surface area (Å²) in [6, 6.07) is 0. The first-order chi connectivity index (χ1) is 10.2. The van der Waals surface area contributed by atoms with Gasteiger partial charge in [-0.1, -0.05) is 5.21 Å².